The predicted octanol–water partition coefficient (Wildman–Crippen LogP) is 16.0. The van der Waals surface area contributed by atoms with Gasteiger partial charge in [-0.1, -0.05) is 72.8 Å². The fourth-order valence-corrected chi connectivity index (χ4v) is 9.02. The van der Waals surface area contributed by atoms with Gasteiger partial charge in [0.1, 0.15) is 29.0 Å². The number of nitrogens with zero attached hydrogens (tertiary/aromatic N) is 22. The molecule has 0 aliphatic heterocycles. The third-order valence-corrected chi connectivity index (χ3v) is 14.0. The van der Waals surface area contributed by atoms with E-state index in [0.29, 0.717) is 5.82 Å². The van der Waals surface area contributed by atoms with Crippen LogP contribution in [0.15, 0.2) is 306 Å². The Morgan fingerprint density at radius 2 is 0.481 bits per heavy atom. The lowest BCUT2D eigenvalue weighted by molar-refractivity contribution is 1.05. The number of hydrogen-bond acceptors (Lipinski definition) is 22. The quantitative estimate of drug-likeness (QED) is 0.137. The van der Waals surface area contributed by atoms with Gasteiger partial charge in [0.15, 0.2) is 23.3 Å². The summed E-state index contributed by atoms with van der Waals surface area (Å²) in [6.07, 6.45) is 31.6. The molecule has 0 aliphatic rings. The van der Waals surface area contributed by atoms with Gasteiger partial charge in [0, 0.05) is 168 Å². The Kier molecular flexibility index (Phi) is 29.1. The molecule has 0 spiro atoms. The highest BCUT2D eigenvalue weighted by Gasteiger charge is 2.06. The molecule has 14 aromatic heterocycles. The molecular weight excluding hydrogens is 1290 g/mol. The van der Waals surface area contributed by atoms with Gasteiger partial charge in [-0.05, 0) is 177 Å². The van der Waals surface area contributed by atoms with Crippen molar-refractivity contribution in [1.29, 1.82) is 0 Å². The molecule has 512 valence electrons. The zero-order chi connectivity index (χ0) is 72.8. The van der Waals surface area contributed by atoms with E-state index in [1.165, 1.54) is 0 Å². The van der Waals surface area contributed by atoms with Gasteiger partial charge in [-0.2, -0.15) is 0 Å². The number of rotatable bonds is 8. The Hall–Kier alpha value is -14.0. The van der Waals surface area contributed by atoms with E-state index in [9.17, 15) is 0 Å². The molecule has 14 heterocycles. The second-order valence-electron chi connectivity index (χ2n) is 22.2. The first-order valence-electron chi connectivity index (χ1n) is 32.8. The highest BCUT2D eigenvalue weighted by atomic mass is 14.9. The molecule has 0 unspecified atom stereocenters. The maximum Gasteiger partial charge on any atom is 0.178 e. The Labute approximate surface area is 604 Å². The SMILES string of the molecule is Cc1ccnc(-c2ccccc2)n1.Cc1ccnc(-c2ccccn2)n1.Cc1ccnc(-c2cccnc2)n1.Cc1ccnc(-c2ccncc2)n1.Cc1nccc(-c2ccccc2)n1.Cc1nccc(-c2ccccn2)n1.Cc1nccc(-c2cccnc2)n1.Cc1nccc(-c2ccncc2)n1. The summed E-state index contributed by atoms with van der Waals surface area (Å²) in [6.45, 7) is 15.3. The van der Waals surface area contributed by atoms with Gasteiger partial charge in [-0.25, -0.2) is 79.7 Å². The molecule has 22 heteroatoms. The molecule has 16 rings (SSSR count). The van der Waals surface area contributed by atoms with Gasteiger partial charge in [0.05, 0.1) is 28.5 Å². The fourth-order valence-electron chi connectivity index (χ4n) is 9.02. The monoisotopic (exact) mass is 1370 g/mol. The highest BCUT2D eigenvalue weighted by molar-refractivity contribution is 5.60. The number of aromatic nitrogens is 22. The first kappa shape index (κ1) is 74.2. The van der Waals surface area contributed by atoms with Crippen LogP contribution in [-0.4, -0.2) is 110 Å². The summed E-state index contributed by atoms with van der Waals surface area (Å²) in [5.74, 6) is 6.09. The topological polar surface area (TPSA) is 284 Å². The Morgan fingerprint density at radius 3 is 0.885 bits per heavy atom. The Bertz CT molecular complexity index is 4150. The van der Waals surface area contributed by atoms with E-state index in [0.717, 1.165) is 131 Å². The second kappa shape index (κ2) is 40.8. The molecule has 0 fully saturated rings. The van der Waals surface area contributed by atoms with Crippen LogP contribution >= 0.6 is 0 Å². The Morgan fingerprint density at radius 1 is 0.163 bits per heavy atom. The summed E-state index contributed by atoms with van der Waals surface area (Å²) in [5, 5.41) is 0. The summed E-state index contributed by atoms with van der Waals surface area (Å²) in [7, 11) is 0. The molecule has 0 radical (unpaired) electrons. The average molecular weight is 1370 g/mol. The van der Waals surface area contributed by atoms with Crippen LogP contribution in [0.25, 0.3) is 90.8 Å². The molecule has 0 aliphatic carbocycles. The first-order valence-corrected chi connectivity index (χ1v) is 32.8. The minimum absolute atomic E-state index is 0.681. The summed E-state index contributed by atoms with van der Waals surface area (Å²) >= 11 is 0. The van der Waals surface area contributed by atoms with Gasteiger partial charge >= 0.3 is 0 Å². The summed E-state index contributed by atoms with van der Waals surface area (Å²) in [4.78, 5) is 91.5. The van der Waals surface area contributed by atoms with Crippen LogP contribution in [-0.2, 0) is 0 Å². The van der Waals surface area contributed by atoms with Crippen LogP contribution in [0.5, 0.6) is 0 Å². The summed E-state index contributed by atoms with van der Waals surface area (Å²) < 4.78 is 0. The zero-order valence-electron chi connectivity index (χ0n) is 58.7. The predicted molar refractivity (Wildman–Crippen MR) is 404 cm³/mol. The van der Waals surface area contributed by atoms with E-state index in [2.05, 4.69) is 110 Å². The van der Waals surface area contributed by atoms with E-state index < -0.39 is 0 Å². The van der Waals surface area contributed by atoms with E-state index in [1.807, 2.05) is 250 Å². The van der Waals surface area contributed by atoms with E-state index in [-0.39, 0.29) is 0 Å². The van der Waals surface area contributed by atoms with Crippen LogP contribution in [0.4, 0.5) is 0 Å². The molecule has 0 amide bonds. The van der Waals surface area contributed by atoms with Crippen LogP contribution in [0.3, 0.4) is 0 Å². The third kappa shape index (κ3) is 25.4. The molecular formula is C82H74N22. The van der Waals surface area contributed by atoms with Gasteiger partial charge < -0.3 is 0 Å². The molecule has 0 saturated carbocycles. The molecule has 0 N–H and O–H groups in total. The van der Waals surface area contributed by atoms with Crippen molar-refractivity contribution in [1.82, 2.24) is 110 Å². The average Bonchev–Trinajstić information content (AvgIpc) is 0.973. The van der Waals surface area contributed by atoms with E-state index in [1.54, 1.807) is 112 Å². The molecule has 104 heavy (non-hydrogen) atoms. The van der Waals surface area contributed by atoms with Crippen LogP contribution in [0.2, 0.25) is 0 Å². The van der Waals surface area contributed by atoms with Gasteiger partial charge in [0.2, 0.25) is 0 Å². The molecule has 2 aromatic carbocycles. The normalized spacial score (nSPS) is 9.92. The number of pyridine rings is 6. The second-order valence-corrected chi connectivity index (χ2v) is 22.2. The third-order valence-electron chi connectivity index (χ3n) is 14.0. The number of aryl methyl sites for hydroxylation is 8. The van der Waals surface area contributed by atoms with Crippen LogP contribution < -0.4 is 0 Å². The van der Waals surface area contributed by atoms with E-state index in [4.69, 9.17) is 0 Å². The molecule has 0 bridgehead atoms. The highest BCUT2D eigenvalue weighted by Crippen LogP contribution is 2.20. The van der Waals surface area contributed by atoms with Crippen molar-refractivity contribution in [2.75, 3.05) is 0 Å². The smallest absolute Gasteiger partial charge is 0.178 e. The zero-order valence-corrected chi connectivity index (χ0v) is 58.7. The molecule has 0 saturated heterocycles. The number of hydrogen-bond donors (Lipinski definition) is 0. The van der Waals surface area contributed by atoms with Crippen molar-refractivity contribution >= 4 is 0 Å². The lowest BCUT2D eigenvalue weighted by Crippen LogP contribution is -1.91. The van der Waals surface area contributed by atoms with E-state index >= 15 is 0 Å². The first-order chi connectivity index (χ1) is 50.9. The fraction of sp³-hybridized carbons (Fsp3) is 0.0976. The summed E-state index contributed by atoms with van der Waals surface area (Å²) in [5.41, 5.74) is 15.5. The maximum atomic E-state index is 4.33. The van der Waals surface area contributed by atoms with Gasteiger partial charge in [0.25, 0.3) is 0 Å². The van der Waals surface area contributed by atoms with Gasteiger partial charge in [-0.3, -0.25) is 29.9 Å². The molecule has 16 aromatic rings. The van der Waals surface area contributed by atoms with Crippen LogP contribution in [0, 0.1) is 55.4 Å². The van der Waals surface area contributed by atoms with Crippen molar-refractivity contribution in [3.63, 3.8) is 0 Å². The maximum absolute atomic E-state index is 4.33. The van der Waals surface area contributed by atoms with Crippen molar-refractivity contribution in [2.24, 2.45) is 0 Å². The number of benzene rings is 2. The standard InChI is InChI=1S/2C11H10N2.6C10H9N3/c1-9-12-8-7-11(13-9)10-5-3-2-4-6-10;1-9-7-8-12-11(13-9)10-5-3-2-4-6-10;1-8-2-7-12-10(13-8)9-3-5-11-6-4-9;1-8-12-7-4-10(13-8)9-2-5-11-6-3-9;1-8-12-6-4-10(13-8)9-3-2-5-11-7-9;1-8-4-6-12-10(13-8)9-3-2-5-11-7-9;1-8-11-7-5-10(13-8)9-4-2-3-6-12-9;1-8-5-7-12-10(13-8)9-4-2-3-6-11-9/h2*2-8H,1H3;6*2-7H,1H3. The lowest BCUT2D eigenvalue weighted by Gasteiger charge is -1.99. The van der Waals surface area contributed by atoms with Crippen molar-refractivity contribution in [2.45, 2.75) is 55.4 Å². The largest absolute Gasteiger partial charge is 0.265 e. The minimum atomic E-state index is 0.681. The minimum Gasteiger partial charge on any atom is -0.265 e. The molecule has 22 nitrogen and oxygen atoms in total. The molecule has 0 atom stereocenters. The summed E-state index contributed by atoms with van der Waals surface area (Å²) in [6, 6.07) is 62.0. The lowest BCUT2D eigenvalue weighted by atomic mass is 10.1. The van der Waals surface area contributed by atoms with Gasteiger partial charge in [-0.15, -0.1) is 0 Å². The van der Waals surface area contributed by atoms with Crippen molar-refractivity contribution < 1.29 is 0 Å². The van der Waals surface area contributed by atoms with Crippen molar-refractivity contribution in [3.8, 4) is 90.8 Å². The van der Waals surface area contributed by atoms with Crippen molar-refractivity contribution in [3.05, 3.63) is 352 Å². The van der Waals surface area contributed by atoms with Crippen LogP contribution in [0.1, 0.15) is 46.1 Å². The Balaban J connectivity index is 0.000000138.